The highest BCUT2D eigenvalue weighted by atomic mass is 16.5. The van der Waals surface area contributed by atoms with E-state index in [0.717, 1.165) is 13.1 Å². The number of morpholine rings is 1. The Morgan fingerprint density at radius 1 is 1.25 bits per heavy atom. The largest absolute Gasteiger partial charge is 0.493 e. The molecular weight excluding hydrogens is 418 g/mol. The van der Waals surface area contributed by atoms with Crippen LogP contribution in [0.25, 0.3) is 10.9 Å². The molecule has 2 heterocycles. The predicted molar refractivity (Wildman–Crippen MR) is 117 cm³/mol. The maximum atomic E-state index is 12.8. The van der Waals surface area contributed by atoms with Crippen LogP contribution in [0, 0.1) is 5.41 Å². The predicted octanol–water partition coefficient (Wildman–Crippen LogP) is 1.02. The fourth-order valence-electron chi connectivity index (χ4n) is 3.20. The van der Waals surface area contributed by atoms with Crippen molar-refractivity contribution in [1.82, 2.24) is 14.5 Å². The van der Waals surface area contributed by atoms with Crippen LogP contribution in [0.5, 0.6) is 11.5 Å². The van der Waals surface area contributed by atoms with Gasteiger partial charge in [0.05, 0.1) is 36.6 Å². The highest BCUT2D eigenvalue weighted by Crippen LogP contribution is 2.30. The summed E-state index contributed by atoms with van der Waals surface area (Å²) in [4.78, 5) is 31.2. The molecule has 1 aromatic heterocycles. The zero-order valence-corrected chi connectivity index (χ0v) is 19.0. The second kappa shape index (κ2) is 10.3. The number of hydrogen-bond acceptors (Lipinski definition) is 9. The molecule has 1 saturated heterocycles. The van der Waals surface area contributed by atoms with Gasteiger partial charge in [-0.1, -0.05) is 0 Å². The zero-order valence-electron chi connectivity index (χ0n) is 19.0. The van der Waals surface area contributed by atoms with Crippen molar-refractivity contribution in [3.05, 3.63) is 28.8 Å². The quantitative estimate of drug-likeness (QED) is 0.590. The molecule has 1 aromatic carbocycles. The molecule has 1 fully saturated rings. The summed E-state index contributed by atoms with van der Waals surface area (Å²) in [5.74, 6) is 0.311. The van der Waals surface area contributed by atoms with Gasteiger partial charge in [0.15, 0.2) is 18.2 Å². The summed E-state index contributed by atoms with van der Waals surface area (Å²) in [7, 11) is 1.47. The van der Waals surface area contributed by atoms with Crippen molar-refractivity contribution in [3.8, 4) is 11.5 Å². The minimum atomic E-state index is -0.688. The van der Waals surface area contributed by atoms with Crippen LogP contribution in [0.15, 0.2) is 23.3 Å². The lowest BCUT2D eigenvalue weighted by Crippen LogP contribution is -2.42. The third-order valence-corrected chi connectivity index (χ3v) is 5.06. The molecule has 2 aromatic rings. The van der Waals surface area contributed by atoms with Gasteiger partial charge in [0.2, 0.25) is 0 Å². The first-order valence-electron chi connectivity index (χ1n) is 10.5. The van der Waals surface area contributed by atoms with E-state index in [4.69, 9.17) is 18.9 Å². The summed E-state index contributed by atoms with van der Waals surface area (Å²) < 4.78 is 22.9. The Balaban J connectivity index is 1.72. The van der Waals surface area contributed by atoms with Crippen LogP contribution in [-0.4, -0.2) is 78.2 Å². The second-order valence-corrected chi connectivity index (χ2v) is 8.73. The van der Waals surface area contributed by atoms with Gasteiger partial charge >= 0.3 is 5.97 Å². The zero-order chi connectivity index (χ0) is 23.3. The maximum absolute atomic E-state index is 12.8. The lowest BCUT2D eigenvalue weighted by Gasteiger charge is -2.28. The number of carbonyl (C=O) groups is 1. The van der Waals surface area contributed by atoms with Crippen molar-refractivity contribution in [2.45, 2.75) is 33.6 Å². The molecule has 0 saturated carbocycles. The number of methoxy groups -OCH3 is 1. The number of ether oxygens (including phenoxy) is 4. The van der Waals surface area contributed by atoms with Crippen molar-refractivity contribution in [2.75, 3.05) is 46.6 Å². The van der Waals surface area contributed by atoms with Crippen molar-refractivity contribution < 1.29 is 28.8 Å². The number of hydrogen-bond donors (Lipinski definition) is 1. The van der Waals surface area contributed by atoms with Gasteiger partial charge in [-0.05, 0) is 26.8 Å². The standard InChI is InChI=1S/C22H31N3O7/c1-22(2,3)21(28)32-14-25-13-23-17-10-19(18(29-4)9-16(17)20(25)27)31-12-15(26)11-24-5-7-30-8-6-24/h9-10,13,15,26H,5-8,11-12,14H2,1-4H3/t15-/m0/s1. The first kappa shape index (κ1) is 24.0. The topological polar surface area (TPSA) is 112 Å². The summed E-state index contributed by atoms with van der Waals surface area (Å²) in [5, 5.41) is 10.6. The second-order valence-electron chi connectivity index (χ2n) is 8.73. The average molecular weight is 450 g/mol. The summed E-state index contributed by atoms with van der Waals surface area (Å²) in [6.45, 7) is 8.40. The average Bonchev–Trinajstić information content (AvgIpc) is 2.76. The van der Waals surface area contributed by atoms with Crippen molar-refractivity contribution in [2.24, 2.45) is 5.41 Å². The van der Waals surface area contributed by atoms with Crippen LogP contribution in [0.1, 0.15) is 20.8 Å². The highest BCUT2D eigenvalue weighted by molar-refractivity contribution is 5.81. The molecule has 0 bridgehead atoms. The van der Waals surface area contributed by atoms with Crippen molar-refractivity contribution in [1.29, 1.82) is 0 Å². The number of aliphatic hydroxyl groups excluding tert-OH is 1. The van der Waals surface area contributed by atoms with E-state index >= 15 is 0 Å². The summed E-state index contributed by atoms with van der Waals surface area (Å²) in [6.07, 6.45) is 0.636. The maximum Gasteiger partial charge on any atom is 0.312 e. The van der Waals surface area contributed by atoms with Gasteiger partial charge in [-0.15, -0.1) is 0 Å². The van der Waals surface area contributed by atoms with Gasteiger partial charge in [-0.25, -0.2) is 4.98 Å². The molecule has 0 spiro atoms. The molecule has 32 heavy (non-hydrogen) atoms. The number of aromatic nitrogens is 2. The van der Waals surface area contributed by atoms with Crippen LogP contribution in [0.2, 0.25) is 0 Å². The number of aliphatic hydroxyl groups is 1. The number of β-amino-alcohol motifs (C(OH)–C–C–N with tert-alkyl or cyclic N) is 1. The smallest absolute Gasteiger partial charge is 0.312 e. The molecule has 1 aliphatic rings. The Hall–Kier alpha value is -2.69. The van der Waals surface area contributed by atoms with Gasteiger partial charge < -0.3 is 24.1 Å². The van der Waals surface area contributed by atoms with E-state index in [0.29, 0.717) is 42.2 Å². The fourth-order valence-corrected chi connectivity index (χ4v) is 3.20. The van der Waals surface area contributed by atoms with Crippen LogP contribution < -0.4 is 15.0 Å². The van der Waals surface area contributed by atoms with E-state index in [1.54, 1.807) is 26.8 Å². The summed E-state index contributed by atoms with van der Waals surface area (Å²) in [6, 6.07) is 3.14. The molecule has 10 nitrogen and oxygen atoms in total. The third-order valence-electron chi connectivity index (χ3n) is 5.06. The Morgan fingerprint density at radius 3 is 2.62 bits per heavy atom. The Morgan fingerprint density at radius 2 is 1.97 bits per heavy atom. The Bertz CT molecular complexity index is 993. The molecule has 10 heteroatoms. The summed E-state index contributed by atoms with van der Waals surface area (Å²) in [5.41, 5.74) is -0.629. The number of fused-ring (bicyclic) bond motifs is 1. The monoisotopic (exact) mass is 449 g/mol. The van der Waals surface area contributed by atoms with Crippen LogP contribution in [0.4, 0.5) is 0 Å². The molecule has 1 aliphatic heterocycles. The number of benzene rings is 1. The van der Waals surface area contributed by atoms with Crippen molar-refractivity contribution >= 4 is 16.9 Å². The van der Waals surface area contributed by atoms with E-state index in [2.05, 4.69) is 9.88 Å². The SMILES string of the molecule is COc1cc2c(=O)n(COC(=O)C(C)(C)C)cnc2cc1OC[C@@H](O)CN1CCOCC1. The molecule has 0 radical (unpaired) electrons. The highest BCUT2D eigenvalue weighted by Gasteiger charge is 2.23. The lowest BCUT2D eigenvalue weighted by atomic mass is 9.98. The Kier molecular flexibility index (Phi) is 7.70. The molecule has 0 aliphatic carbocycles. The van der Waals surface area contributed by atoms with E-state index in [9.17, 15) is 14.7 Å². The number of esters is 1. The molecule has 1 atom stereocenters. The summed E-state index contributed by atoms with van der Waals surface area (Å²) >= 11 is 0. The number of nitrogens with zero attached hydrogens (tertiary/aromatic N) is 3. The fraction of sp³-hybridized carbons (Fsp3) is 0.591. The molecule has 0 unspecified atom stereocenters. The van der Waals surface area contributed by atoms with Gasteiger partial charge in [-0.2, -0.15) is 0 Å². The van der Waals surface area contributed by atoms with Crippen LogP contribution in [0.3, 0.4) is 0 Å². The molecule has 1 N–H and O–H groups in total. The minimum absolute atomic E-state index is 0.0685. The van der Waals surface area contributed by atoms with Gasteiger partial charge in [-0.3, -0.25) is 19.1 Å². The molecule has 3 rings (SSSR count). The van der Waals surface area contributed by atoms with E-state index in [1.165, 1.54) is 24.1 Å². The molecule has 176 valence electrons. The van der Waals surface area contributed by atoms with Crippen LogP contribution >= 0.6 is 0 Å². The molecular formula is C22H31N3O7. The van der Waals surface area contributed by atoms with Crippen LogP contribution in [-0.2, 0) is 21.0 Å². The van der Waals surface area contributed by atoms with E-state index in [-0.39, 0.29) is 18.9 Å². The normalized spacial score (nSPS) is 16.0. The van der Waals surface area contributed by atoms with Gasteiger partial charge in [0, 0.05) is 25.7 Å². The first-order valence-corrected chi connectivity index (χ1v) is 10.5. The van der Waals surface area contributed by atoms with Gasteiger partial charge in [0.1, 0.15) is 19.0 Å². The number of rotatable bonds is 8. The van der Waals surface area contributed by atoms with E-state index in [1.807, 2.05) is 0 Å². The number of carbonyl (C=O) groups excluding carboxylic acids is 1. The minimum Gasteiger partial charge on any atom is -0.493 e. The Labute approximate surface area is 186 Å². The lowest BCUT2D eigenvalue weighted by molar-refractivity contribution is -0.157. The van der Waals surface area contributed by atoms with Gasteiger partial charge in [0.25, 0.3) is 5.56 Å². The molecule has 0 amide bonds. The third kappa shape index (κ3) is 5.96. The van der Waals surface area contributed by atoms with E-state index < -0.39 is 17.5 Å². The first-order chi connectivity index (χ1) is 15.2. The van der Waals surface area contributed by atoms with Crippen molar-refractivity contribution in [3.63, 3.8) is 0 Å².